The standard InChI is InChI=1S/C33H43N5O4/c1-19(2)10-26(29(40)38-18-33(17-27(38)34-4)24-8-6-7-9-25(24)36-31(33)42)37(5)28(39)20(3)35-30(41)32-14-21-11-22(15-32)13-23(12-21)16-32/h6-9,19-23,26-27H,10-18H2,1-3,5H3,(H,35,41)(H,36,42)/t20-,21?,22?,23?,26-,27-,32?,33-/m0/s1. The number of likely N-dealkylation sites (tertiary alicyclic amines) is 1. The molecule has 9 heteroatoms. The van der Waals surface area contributed by atoms with Crippen LogP contribution in [-0.4, -0.2) is 65.3 Å². The first-order valence-electron chi connectivity index (χ1n) is 15.6. The Balaban J connectivity index is 1.19. The first kappa shape index (κ1) is 28.7. The maximum Gasteiger partial charge on any atom is 0.302 e. The van der Waals surface area contributed by atoms with E-state index in [4.69, 9.17) is 6.57 Å². The number of carbonyl (C=O) groups excluding carboxylic acids is 4. The molecule has 42 heavy (non-hydrogen) atoms. The number of nitrogens with one attached hydrogen (secondary N) is 2. The van der Waals surface area contributed by atoms with Crippen LogP contribution in [0.3, 0.4) is 0 Å². The lowest BCUT2D eigenvalue weighted by atomic mass is 9.49. The second-order valence-electron chi connectivity index (χ2n) is 14.3. The normalized spacial score (nSPS) is 33.7. The molecule has 4 saturated carbocycles. The van der Waals surface area contributed by atoms with Crippen molar-refractivity contribution in [1.82, 2.24) is 15.1 Å². The van der Waals surface area contributed by atoms with E-state index in [0.29, 0.717) is 24.2 Å². The summed E-state index contributed by atoms with van der Waals surface area (Å²) in [5, 5.41) is 5.99. The Morgan fingerprint density at radius 2 is 1.69 bits per heavy atom. The predicted molar refractivity (Wildman–Crippen MR) is 158 cm³/mol. The van der Waals surface area contributed by atoms with E-state index in [1.54, 1.807) is 14.0 Å². The zero-order valence-electron chi connectivity index (χ0n) is 25.2. The minimum Gasteiger partial charge on any atom is -0.344 e. The van der Waals surface area contributed by atoms with Crippen LogP contribution >= 0.6 is 0 Å². The molecule has 2 N–H and O–H groups in total. The minimum atomic E-state index is -0.981. The van der Waals surface area contributed by atoms with Crippen LogP contribution < -0.4 is 10.6 Å². The number of para-hydroxylation sites is 1. The Bertz CT molecular complexity index is 1310. The number of hydrogen-bond acceptors (Lipinski definition) is 4. The maximum absolute atomic E-state index is 14.2. The summed E-state index contributed by atoms with van der Waals surface area (Å²) >= 11 is 0. The molecule has 1 spiro atoms. The van der Waals surface area contributed by atoms with E-state index in [-0.39, 0.29) is 47.9 Å². The lowest BCUT2D eigenvalue weighted by molar-refractivity contribution is -0.151. The monoisotopic (exact) mass is 573 g/mol. The Kier molecular flexibility index (Phi) is 7.10. The van der Waals surface area contributed by atoms with Gasteiger partial charge in [-0.15, -0.1) is 0 Å². The Hall–Kier alpha value is -3.41. The molecule has 7 rings (SSSR count). The van der Waals surface area contributed by atoms with Crippen molar-refractivity contribution in [3.63, 3.8) is 0 Å². The van der Waals surface area contributed by atoms with Crippen molar-refractivity contribution >= 4 is 29.3 Å². The number of rotatable bonds is 7. The largest absolute Gasteiger partial charge is 0.344 e. The topological polar surface area (TPSA) is 103 Å². The highest BCUT2D eigenvalue weighted by Gasteiger charge is 2.59. The molecule has 5 fully saturated rings. The van der Waals surface area contributed by atoms with E-state index in [1.165, 1.54) is 29.1 Å². The smallest absolute Gasteiger partial charge is 0.302 e. The maximum atomic E-state index is 14.2. The molecule has 224 valence electrons. The summed E-state index contributed by atoms with van der Waals surface area (Å²) in [5.74, 6) is 1.12. The summed E-state index contributed by atoms with van der Waals surface area (Å²) in [4.78, 5) is 61.6. The molecule has 0 unspecified atom stereocenters. The molecule has 0 radical (unpaired) electrons. The van der Waals surface area contributed by atoms with Crippen molar-refractivity contribution in [2.45, 2.75) is 95.8 Å². The minimum absolute atomic E-state index is 0.0111. The van der Waals surface area contributed by atoms with Gasteiger partial charge < -0.3 is 15.5 Å². The van der Waals surface area contributed by atoms with E-state index in [9.17, 15) is 19.2 Å². The number of benzene rings is 1. The second-order valence-corrected chi connectivity index (χ2v) is 14.3. The van der Waals surface area contributed by atoms with Gasteiger partial charge in [-0.1, -0.05) is 32.0 Å². The van der Waals surface area contributed by atoms with E-state index < -0.39 is 23.7 Å². The number of carbonyl (C=O) groups is 4. The predicted octanol–water partition coefficient (Wildman–Crippen LogP) is 3.95. The quantitative estimate of drug-likeness (QED) is 0.482. The van der Waals surface area contributed by atoms with Gasteiger partial charge in [0.1, 0.15) is 17.5 Å². The Morgan fingerprint density at radius 1 is 1.07 bits per heavy atom. The van der Waals surface area contributed by atoms with Gasteiger partial charge >= 0.3 is 6.17 Å². The molecule has 0 aromatic heterocycles. The van der Waals surface area contributed by atoms with Gasteiger partial charge in [0.15, 0.2) is 0 Å². The summed E-state index contributed by atoms with van der Waals surface area (Å²) in [6.07, 6.45) is 6.28. The number of anilines is 1. The number of amides is 4. The van der Waals surface area contributed by atoms with Crippen LogP contribution in [0.1, 0.15) is 77.7 Å². The third-order valence-electron chi connectivity index (χ3n) is 10.9. The third-order valence-corrected chi connectivity index (χ3v) is 10.9. The lowest BCUT2D eigenvalue weighted by Gasteiger charge is -2.55. The molecule has 4 atom stereocenters. The molecule has 4 amide bonds. The summed E-state index contributed by atoms with van der Waals surface area (Å²) in [5.41, 5.74) is 0.186. The van der Waals surface area contributed by atoms with E-state index in [2.05, 4.69) is 15.5 Å². The van der Waals surface area contributed by atoms with Crippen LogP contribution in [-0.2, 0) is 24.6 Å². The van der Waals surface area contributed by atoms with Gasteiger partial charge in [0, 0.05) is 24.7 Å². The molecule has 9 nitrogen and oxygen atoms in total. The van der Waals surface area contributed by atoms with E-state index >= 15 is 0 Å². The number of hydrogen-bond donors (Lipinski definition) is 2. The molecule has 2 heterocycles. The molecule has 4 aliphatic carbocycles. The molecule has 6 aliphatic rings. The molecular weight excluding hydrogens is 530 g/mol. The fourth-order valence-corrected chi connectivity index (χ4v) is 9.28. The summed E-state index contributed by atoms with van der Waals surface area (Å²) in [6, 6.07) is 5.86. The van der Waals surface area contributed by atoms with E-state index in [1.807, 2.05) is 38.1 Å². The van der Waals surface area contributed by atoms with E-state index in [0.717, 1.165) is 30.5 Å². The van der Waals surface area contributed by atoms with Crippen molar-refractivity contribution in [3.05, 3.63) is 41.2 Å². The molecule has 1 aromatic carbocycles. The van der Waals surface area contributed by atoms with Crippen LogP contribution in [0, 0.1) is 35.7 Å². The van der Waals surface area contributed by atoms with Crippen LogP contribution in [0.25, 0.3) is 4.85 Å². The number of nitrogens with zero attached hydrogens (tertiary/aromatic N) is 3. The van der Waals surface area contributed by atoms with Gasteiger partial charge in [0.05, 0.1) is 6.42 Å². The van der Waals surface area contributed by atoms with Gasteiger partial charge in [0.2, 0.25) is 17.7 Å². The van der Waals surface area contributed by atoms with Crippen molar-refractivity contribution in [3.8, 4) is 0 Å². The van der Waals surface area contributed by atoms with Gasteiger partial charge in [0.25, 0.3) is 5.91 Å². The Morgan fingerprint density at radius 3 is 2.29 bits per heavy atom. The van der Waals surface area contributed by atoms with Gasteiger partial charge in [-0.2, -0.15) is 0 Å². The van der Waals surface area contributed by atoms with Crippen LogP contribution in [0.2, 0.25) is 0 Å². The molecular formula is C33H43N5O4. The summed E-state index contributed by atoms with van der Waals surface area (Å²) < 4.78 is 0. The zero-order valence-corrected chi connectivity index (χ0v) is 25.2. The fraction of sp³-hybridized carbons (Fsp3) is 0.667. The molecule has 1 aromatic rings. The van der Waals surface area contributed by atoms with Crippen LogP contribution in [0.15, 0.2) is 24.3 Å². The van der Waals surface area contributed by atoms with Crippen LogP contribution in [0.5, 0.6) is 0 Å². The highest BCUT2D eigenvalue weighted by atomic mass is 16.2. The van der Waals surface area contributed by atoms with Crippen molar-refractivity contribution in [2.75, 3.05) is 18.9 Å². The third kappa shape index (κ3) is 4.58. The van der Waals surface area contributed by atoms with Crippen LogP contribution in [0.4, 0.5) is 5.69 Å². The van der Waals surface area contributed by atoms with Gasteiger partial charge in [-0.3, -0.25) is 28.9 Å². The van der Waals surface area contributed by atoms with Crippen molar-refractivity contribution < 1.29 is 19.2 Å². The van der Waals surface area contributed by atoms with Crippen molar-refractivity contribution in [2.24, 2.45) is 29.1 Å². The lowest BCUT2D eigenvalue weighted by Crippen LogP contribution is -2.59. The average Bonchev–Trinajstić information content (AvgIpc) is 3.47. The highest BCUT2D eigenvalue weighted by molar-refractivity contribution is 6.07. The molecule has 4 bridgehead atoms. The molecule has 1 saturated heterocycles. The SMILES string of the molecule is [C-]#[N+][C@@H]1C[C@@]2(CN1C(=O)[C@H](CC(C)C)N(C)C(=O)[C@H](C)NC(=O)C13CC4CC(CC(C4)C1)C3)C(=O)Nc1ccccc12. The zero-order chi connectivity index (χ0) is 30.0. The average molecular weight is 574 g/mol. The first-order chi connectivity index (χ1) is 20.0. The number of likely N-dealkylation sites (N-methyl/N-ethyl adjacent to an activating group) is 1. The van der Waals surface area contributed by atoms with Crippen molar-refractivity contribution in [1.29, 1.82) is 0 Å². The second kappa shape index (κ2) is 10.4. The summed E-state index contributed by atoms with van der Waals surface area (Å²) in [7, 11) is 1.62. The Labute approximate surface area is 248 Å². The molecule has 2 aliphatic heterocycles. The first-order valence-corrected chi connectivity index (χ1v) is 15.6. The van der Waals surface area contributed by atoms with Gasteiger partial charge in [-0.05, 0) is 87.2 Å². The highest BCUT2D eigenvalue weighted by Crippen LogP contribution is 2.60. The van der Waals surface area contributed by atoms with Gasteiger partial charge in [-0.25, -0.2) is 6.57 Å². The summed E-state index contributed by atoms with van der Waals surface area (Å²) in [6.45, 7) is 13.7. The number of fused-ring (bicyclic) bond motifs is 2. The fourth-order valence-electron chi connectivity index (χ4n) is 9.28.